The quantitative estimate of drug-likeness (QED) is 0.330. The zero-order chi connectivity index (χ0) is 19.2. The summed E-state index contributed by atoms with van der Waals surface area (Å²) < 4.78 is 6.96. The smallest absolute Gasteiger partial charge is 0.341 e. The van der Waals surface area contributed by atoms with Crippen molar-refractivity contribution in [2.75, 3.05) is 19.0 Å². The number of fused-ring (bicyclic) bond motifs is 1. The molecule has 0 fully saturated rings. The molecule has 0 aliphatic heterocycles. The Morgan fingerprint density at radius 3 is 2.93 bits per heavy atom. The average Bonchev–Trinajstić information content (AvgIpc) is 3.13. The van der Waals surface area contributed by atoms with Gasteiger partial charge in [0.2, 0.25) is 0 Å². The molecule has 0 spiro atoms. The number of thiocarbonyl (C=S) groups is 1. The predicted molar refractivity (Wildman–Crippen MR) is 113 cm³/mol. The van der Waals surface area contributed by atoms with Crippen LogP contribution in [0.1, 0.15) is 52.0 Å². The number of esters is 1. The van der Waals surface area contributed by atoms with Crippen molar-refractivity contribution < 1.29 is 9.53 Å². The lowest BCUT2D eigenvalue weighted by atomic mass is 10.1. The van der Waals surface area contributed by atoms with Crippen LogP contribution >= 0.6 is 23.6 Å². The molecule has 1 aliphatic carbocycles. The number of nitrogens with zero attached hydrogens (tertiary/aromatic N) is 2. The molecule has 2 aromatic rings. The summed E-state index contributed by atoms with van der Waals surface area (Å²) in [7, 11) is 1.43. The summed E-state index contributed by atoms with van der Waals surface area (Å²) in [5.41, 5.74) is 2.97. The topological polar surface area (TPSA) is 68.2 Å². The number of aryl methyl sites for hydroxylation is 3. The molecule has 0 unspecified atom stereocenters. The van der Waals surface area contributed by atoms with Gasteiger partial charge in [-0.15, -0.1) is 11.3 Å². The molecule has 2 aromatic heterocycles. The van der Waals surface area contributed by atoms with E-state index in [4.69, 9.17) is 17.0 Å². The number of aromatic nitrogens is 2. The van der Waals surface area contributed by atoms with Crippen LogP contribution in [0.4, 0.5) is 5.00 Å². The zero-order valence-corrected chi connectivity index (χ0v) is 17.5. The third kappa shape index (κ3) is 5.07. The average molecular weight is 407 g/mol. The van der Waals surface area contributed by atoms with Gasteiger partial charge in [-0.25, -0.2) is 4.79 Å². The molecule has 146 valence electrons. The number of methoxy groups -OCH3 is 1. The van der Waals surface area contributed by atoms with Crippen LogP contribution in [0.2, 0.25) is 0 Å². The van der Waals surface area contributed by atoms with Crippen LogP contribution < -0.4 is 10.6 Å². The van der Waals surface area contributed by atoms with Gasteiger partial charge in [0.05, 0.1) is 18.9 Å². The molecule has 0 bridgehead atoms. The van der Waals surface area contributed by atoms with E-state index in [-0.39, 0.29) is 5.97 Å². The van der Waals surface area contributed by atoms with Gasteiger partial charge in [-0.2, -0.15) is 5.10 Å². The van der Waals surface area contributed by atoms with Crippen molar-refractivity contribution in [3.05, 3.63) is 34.0 Å². The Labute approximate surface area is 169 Å². The lowest BCUT2D eigenvalue weighted by Gasteiger charge is -2.11. The number of anilines is 1. The molecule has 0 aromatic carbocycles. The highest BCUT2D eigenvalue weighted by atomic mass is 32.1. The number of nitrogens with one attached hydrogen (secondary N) is 2. The fourth-order valence-electron chi connectivity index (χ4n) is 3.33. The molecule has 27 heavy (non-hydrogen) atoms. The van der Waals surface area contributed by atoms with E-state index in [1.54, 1.807) is 11.3 Å². The number of rotatable bonds is 6. The molecular weight excluding hydrogens is 380 g/mol. The van der Waals surface area contributed by atoms with Crippen molar-refractivity contribution in [1.29, 1.82) is 0 Å². The molecule has 2 heterocycles. The third-order valence-corrected chi connectivity index (χ3v) is 6.10. The van der Waals surface area contributed by atoms with Gasteiger partial charge in [-0.1, -0.05) is 6.42 Å². The Morgan fingerprint density at radius 2 is 2.19 bits per heavy atom. The first kappa shape index (κ1) is 19.8. The van der Waals surface area contributed by atoms with Crippen LogP contribution in [0, 0.1) is 6.92 Å². The van der Waals surface area contributed by atoms with Crippen LogP contribution in [-0.2, 0) is 24.1 Å². The first-order chi connectivity index (χ1) is 13.1. The summed E-state index contributed by atoms with van der Waals surface area (Å²) in [5.74, 6) is -0.284. The molecule has 0 amide bonds. The summed E-state index contributed by atoms with van der Waals surface area (Å²) in [6, 6.07) is 0. The lowest BCUT2D eigenvalue weighted by molar-refractivity contribution is 0.0601. The Morgan fingerprint density at radius 1 is 1.37 bits per heavy atom. The fraction of sp³-hybridized carbons (Fsp3) is 0.526. The van der Waals surface area contributed by atoms with E-state index in [0.717, 1.165) is 54.9 Å². The number of carbonyl (C=O) groups excluding carboxylic acids is 1. The summed E-state index contributed by atoms with van der Waals surface area (Å²) in [6.07, 6.45) is 10.2. The van der Waals surface area contributed by atoms with Crippen molar-refractivity contribution in [1.82, 2.24) is 15.1 Å². The third-order valence-electron chi connectivity index (χ3n) is 4.65. The number of carbonyl (C=O) groups is 1. The minimum absolute atomic E-state index is 0.284. The summed E-state index contributed by atoms with van der Waals surface area (Å²) in [4.78, 5) is 13.6. The molecule has 0 atom stereocenters. The predicted octanol–water partition coefficient (Wildman–Crippen LogP) is 3.69. The van der Waals surface area contributed by atoms with Crippen LogP contribution in [0.15, 0.2) is 12.4 Å². The number of hydrogen-bond donors (Lipinski definition) is 2. The van der Waals surface area contributed by atoms with Crippen LogP contribution in [0.25, 0.3) is 0 Å². The molecular formula is C19H26N4O2S2. The maximum absolute atomic E-state index is 12.4. The maximum Gasteiger partial charge on any atom is 0.341 e. The number of hydrogen-bond acceptors (Lipinski definition) is 5. The standard InChI is InChI=1S/C19H26N4O2S2/c1-13-11-21-23(12-13)10-6-9-20-19(26)22-17-16(18(24)25-2)14-7-4-3-5-8-15(14)27-17/h11-12H,3-10H2,1-2H3,(H2,20,22,26). The monoisotopic (exact) mass is 406 g/mol. The van der Waals surface area contributed by atoms with Gasteiger partial charge in [-0.05, 0) is 62.4 Å². The Balaban J connectivity index is 1.59. The second kappa shape index (κ2) is 9.32. The van der Waals surface area contributed by atoms with E-state index in [2.05, 4.69) is 15.7 Å². The van der Waals surface area contributed by atoms with E-state index in [9.17, 15) is 4.79 Å². The van der Waals surface area contributed by atoms with Crippen molar-refractivity contribution in [3.63, 3.8) is 0 Å². The molecule has 2 N–H and O–H groups in total. The lowest BCUT2D eigenvalue weighted by Crippen LogP contribution is -2.30. The summed E-state index contributed by atoms with van der Waals surface area (Å²) in [6.45, 7) is 3.61. The van der Waals surface area contributed by atoms with E-state index >= 15 is 0 Å². The second-order valence-electron chi connectivity index (χ2n) is 6.78. The Bertz CT molecular complexity index is 813. The SMILES string of the molecule is COC(=O)c1c(NC(=S)NCCCn2cc(C)cn2)sc2c1CCCCC2. The van der Waals surface area contributed by atoms with Crippen molar-refractivity contribution in [3.8, 4) is 0 Å². The van der Waals surface area contributed by atoms with E-state index in [1.165, 1.54) is 24.8 Å². The van der Waals surface area contributed by atoms with E-state index in [1.807, 2.05) is 24.0 Å². The van der Waals surface area contributed by atoms with E-state index in [0.29, 0.717) is 10.7 Å². The van der Waals surface area contributed by atoms with Gasteiger partial charge in [0.1, 0.15) is 5.00 Å². The molecule has 0 saturated heterocycles. The molecule has 1 aliphatic rings. The fourth-order valence-corrected chi connectivity index (χ4v) is 4.88. The van der Waals surface area contributed by atoms with Gasteiger partial charge in [0.15, 0.2) is 5.11 Å². The molecule has 3 rings (SSSR count). The molecule has 8 heteroatoms. The van der Waals surface area contributed by atoms with Crippen molar-refractivity contribution in [2.45, 2.75) is 52.0 Å². The molecule has 0 saturated carbocycles. The molecule has 6 nitrogen and oxygen atoms in total. The second-order valence-corrected chi connectivity index (χ2v) is 8.29. The molecule has 0 radical (unpaired) electrons. The minimum atomic E-state index is -0.284. The highest BCUT2D eigenvalue weighted by Gasteiger charge is 2.25. The van der Waals surface area contributed by atoms with Crippen LogP contribution in [0.5, 0.6) is 0 Å². The van der Waals surface area contributed by atoms with Gasteiger partial charge < -0.3 is 15.4 Å². The highest BCUT2D eigenvalue weighted by Crippen LogP contribution is 2.37. The van der Waals surface area contributed by atoms with Crippen LogP contribution in [0.3, 0.4) is 0 Å². The summed E-state index contributed by atoms with van der Waals surface area (Å²) in [5, 5.41) is 12.1. The van der Waals surface area contributed by atoms with Crippen molar-refractivity contribution in [2.24, 2.45) is 0 Å². The van der Waals surface area contributed by atoms with E-state index < -0.39 is 0 Å². The Hall–Kier alpha value is -1.93. The largest absolute Gasteiger partial charge is 0.465 e. The van der Waals surface area contributed by atoms with Crippen LogP contribution in [-0.4, -0.2) is 34.5 Å². The normalized spacial score (nSPS) is 13.6. The van der Waals surface area contributed by atoms with Gasteiger partial charge >= 0.3 is 5.97 Å². The van der Waals surface area contributed by atoms with Gasteiger partial charge in [-0.3, -0.25) is 4.68 Å². The zero-order valence-electron chi connectivity index (χ0n) is 15.8. The first-order valence-corrected chi connectivity index (χ1v) is 10.6. The summed E-state index contributed by atoms with van der Waals surface area (Å²) >= 11 is 7.06. The van der Waals surface area contributed by atoms with Crippen molar-refractivity contribution >= 4 is 39.6 Å². The highest BCUT2D eigenvalue weighted by molar-refractivity contribution is 7.80. The minimum Gasteiger partial charge on any atom is -0.465 e. The van der Waals surface area contributed by atoms with Gasteiger partial charge in [0.25, 0.3) is 0 Å². The van der Waals surface area contributed by atoms with Gasteiger partial charge in [0, 0.05) is 24.2 Å². The first-order valence-electron chi connectivity index (χ1n) is 9.35. The Kier molecular flexibility index (Phi) is 6.84. The number of ether oxygens (including phenoxy) is 1. The number of thiophene rings is 1. The maximum atomic E-state index is 12.4.